The fourth-order valence-corrected chi connectivity index (χ4v) is 5.75. The predicted octanol–water partition coefficient (Wildman–Crippen LogP) is 3.50. The molecular formula is C10H13Br2NO2S2. The van der Waals surface area contributed by atoms with Gasteiger partial charge >= 0.3 is 0 Å². The summed E-state index contributed by atoms with van der Waals surface area (Å²) in [4.78, 5) is 0.541. The quantitative estimate of drug-likeness (QED) is 0.786. The lowest BCUT2D eigenvalue weighted by Crippen LogP contribution is -2.37. The molecule has 1 aliphatic carbocycles. The molecule has 1 saturated carbocycles. The van der Waals surface area contributed by atoms with Crippen LogP contribution in [0.5, 0.6) is 0 Å². The minimum atomic E-state index is -3.33. The maximum Gasteiger partial charge on any atom is 0.250 e. The molecule has 3 nitrogen and oxygen atoms in total. The molecule has 1 aromatic heterocycles. The molecule has 1 aliphatic rings. The van der Waals surface area contributed by atoms with Crippen LogP contribution in [0.2, 0.25) is 0 Å². The molecule has 0 unspecified atom stereocenters. The molecule has 7 heteroatoms. The average Bonchev–Trinajstić information content (AvgIpc) is 2.69. The molecule has 0 aliphatic heterocycles. The van der Waals surface area contributed by atoms with Gasteiger partial charge in [0.15, 0.2) is 0 Å². The first-order valence-electron chi connectivity index (χ1n) is 5.39. The molecule has 17 heavy (non-hydrogen) atoms. The van der Waals surface area contributed by atoms with E-state index in [-0.39, 0.29) is 6.04 Å². The minimum Gasteiger partial charge on any atom is -0.207 e. The zero-order valence-corrected chi connectivity index (χ0v) is 13.8. The third-order valence-electron chi connectivity index (χ3n) is 2.79. The van der Waals surface area contributed by atoms with Gasteiger partial charge in [-0.25, -0.2) is 13.1 Å². The van der Waals surface area contributed by atoms with E-state index in [1.54, 1.807) is 12.1 Å². The highest BCUT2D eigenvalue weighted by Crippen LogP contribution is 2.28. The number of rotatable bonds is 3. The van der Waals surface area contributed by atoms with E-state index in [0.717, 1.165) is 29.5 Å². The van der Waals surface area contributed by atoms with Crippen molar-refractivity contribution in [3.05, 3.63) is 15.9 Å². The van der Waals surface area contributed by atoms with Crippen molar-refractivity contribution in [2.24, 2.45) is 0 Å². The van der Waals surface area contributed by atoms with Crippen LogP contribution in [0.3, 0.4) is 0 Å². The second-order valence-corrected chi connectivity index (χ2v) is 9.83. The number of alkyl halides is 1. The summed E-state index contributed by atoms with van der Waals surface area (Å²) in [5.74, 6) is 0. The van der Waals surface area contributed by atoms with Crippen molar-refractivity contribution in [1.29, 1.82) is 0 Å². The zero-order chi connectivity index (χ0) is 12.5. The summed E-state index contributed by atoms with van der Waals surface area (Å²) in [6, 6.07) is 3.47. The predicted molar refractivity (Wildman–Crippen MR) is 77.3 cm³/mol. The van der Waals surface area contributed by atoms with Crippen LogP contribution in [-0.2, 0) is 10.0 Å². The van der Waals surface area contributed by atoms with Gasteiger partial charge in [-0.2, -0.15) is 0 Å². The van der Waals surface area contributed by atoms with Crippen LogP contribution in [0.1, 0.15) is 25.7 Å². The molecule has 0 amide bonds. The van der Waals surface area contributed by atoms with E-state index < -0.39 is 10.0 Å². The van der Waals surface area contributed by atoms with E-state index in [1.807, 2.05) is 0 Å². The maximum absolute atomic E-state index is 12.1. The van der Waals surface area contributed by atoms with E-state index >= 15 is 0 Å². The smallest absolute Gasteiger partial charge is 0.207 e. The Morgan fingerprint density at radius 2 is 1.88 bits per heavy atom. The largest absolute Gasteiger partial charge is 0.250 e. The van der Waals surface area contributed by atoms with Crippen molar-refractivity contribution >= 4 is 53.2 Å². The Hall–Kier alpha value is 0.570. The van der Waals surface area contributed by atoms with Crippen LogP contribution in [0.15, 0.2) is 20.1 Å². The van der Waals surface area contributed by atoms with E-state index in [4.69, 9.17) is 0 Å². The lowest BCUT2D eigenvalue weighted by molar-refractivity contribution is 0.423. The molecule has 0 atom stereocenters. The lowest BCUT2D eigenvalue weighted by atomic mass is 9.96. The molecular weight excluding hydrogens is 390 g/mol. The molecule has 0 spiro atoms. The van der Waals surface area contributed by atoms with Gasteiger partial charge < -0.3 is 0 Å². The number of halogens is 2. The van der Waals surface area contributed by atoms with Crippen molar-refractivity contribution in [2.45, 2.75) is 40.8 Å². The Morgan fingerprint density at radius 3 is 2.41 bits per heavy atom. The third kappa shape index (κ3) is 3.76. The summed E-state index contributed by atoms with van der Waals surface area (Å²) >= 11 is 8.08. The normalized spacial score (nSPS) is 26.0. The standard InChI is InChI=1S/C10H13Br2NO2S2/c11-7-1-3-8(4-2-7)13-17(14,15)10-6-5-9(12)16-10/h5-8,13H,1-4H2. The Balaban J connectivity index is 2.03. The van der Waals surface area contributed by atoms with Gasteiger partial charge in [0.05, 0.1) is 3.79 Å². The molecule has 2 rings (SSSR count). The van der Waals surface area contributed by atoms with E-state index in [2.05, 4.69) is 36.6 Å². The maximum atomic E-state index is 12.1. The van der Waals surface area contributed by atoms with Crippen LogP contribution in [-0.4, -0.2) is 19.3 Å². The van der Waals surface area contributed by atoms with Gasteiger partial charge in [-0.15, -0.1) is 11.3 Å². The number of hydrogen-bond acceptors (Lipinski definition) is 3. The molecule has 1 heterocycles. The molecule has 0 aromatic carbocycles. The van der Waals surface area contributed by atoms with Gasteiger partial charge in [0.2, 0.25) is 10.0 Å². The second-order valence-electron chi connectivity index (χ2n) is 4.13. The highest BCUT2D eigenvalue weighted by molar-refractivity contribution is 9.11. The minimum absolute atomic E-state index is 0.0784. The summed E-state index contributed by atoms with van der Waals surface area (Å²) in [5, 5.41) is 0. The number of thiophene rings is 1. The fraction of sp³-hybridized carbons (Fsp3) is 0.600. The molecule has 0 bridgehead atoms. The highest BCUT2D eigenvalue weighted by Gasteiger charge is 2.25. The van der Waals surface area contributed by atoms with E-state index in [9.17, 15) is 8.42 Å². The Bertz CT molecular complexity index is 478. The van der Waals surface area contributed by atoms with Gasteiger partial charge in [0.25, 0.3) is 0 Å². The van der Waals surface area contributed by atoms with Gasteiger partial charge in [0, 0.05) is 10.9 Å². The van der Waals surface area contributed by atoms with Crippen LogP contribution in [0.25, 0.3) is 0 Å². The van der Waals surface area contributed by atoms with Crippen molar-refractivity contribution in [1.82, 2.24) is 4.72 Å². The van der Waals surface area contributed by atoms with E-state index in [1.165, 1.54) is 11.3 Å². The number of sulfonamides is 1. The van der Waals surface area contributed by atoms with Gasteiger partial charge in [-0.3, -0.25) is 0 Å². The average molecular weight is 403 g/mol. The summed E-state index contributed by atoms with van der Waals surface area (Å²) < 4.78 is 28.1. The third-order valence-corrected chi connectivity index (χ3v) is 7.34. The van der Waals surface area contributed by atoms with Gasteiger partial charge in [-0.1, -0.05) is 15.9 Å². The van der Waals surface area contributed by atoms with Crippen LogP contribution < -0.4 is 4.72 Å². The SMILES string of the molecule is O=S(=O)(NC1CCC(Br)CC1)c1ccc(Br)s1. The van der Waals surface area contributed by atoms with E-state index in [0.29, 0.717) is 9.04 Å². The first-order chi connectivity index (χ1) is 7.97. The molecule has 0 saturated heterocycles. The zero-order valence-electron chi connectivity index (χ0n) is 9.03. The summed E-state index contributed by atoms with van der Waals surface area (Å²) in [6.45, 7) is 0. The molecule has 0 radical (unpaired) electrons. The topological polar surface area (TPSA) is 46.2 Å². The molecule has 96 valence electrons. The van der Waals surface area contributed by atoms with Crippen molar-refractivity contribution in [3.8, 4) is 0 Å². The van der Waals surface area contributed by atoms with Crippen molar-refractivity contribution in [2.75, 3.05) is 0 Å². The lowest BCUT2D eigenvalue weighted by Gasteiger charge is -2.25. The molecule has 1 fully saturated rings. The summed E-state index contributed by atoms with van der Waals surface area (Å²) in [6.07, 6.45) is 3.87. The Kier molecular flexibility index (Phi) is 4.68. The first kappa shape index (κ1) is 14.0. The van der Waals surface area contributed by atoms with Gasteiger partial charge in [0.1, 0.15) is 4.21 Å². The number of hydrogen-bond donors (Lipinski definition) is 1. The van der Waals surface area contributed by atoms with Crippen molar-refractivity contribution < 1.29 is 8.42 Å². The van der Waals surface area contributed by atoms with Crippen LogP contribution in [0.4, 0.5) is 0 Å². The molecule has 1 N–H and O–H groups in total. The molecule has 1 aromatic rings. The van der Waals surface area contributed by atoms with Crippen LogP contribution in [0, 0.1) is 0 Å². The Labute approximate surface area is 122 Å². The summed E-state index contributed by atoms with van der Waals surface area (Å²) in [5.41, 5.74) is 0. The fourth-order valence-electron chi connectivity index (χ4n) is 1.89. The first-order valence-corrected chi connectivity index (χ1v) is 9.40. The van der Waals surface area contributed by atoms with Crippen LogP contribution >= 0.6 is 43.2 Å². The number of nitrogens with one attached hydrogen (secondary N) is 1. The summed E-state index contributed by atoms with van der Waals surface area (Å²) in [7, 11) is -3.33. The Morgan fingerprint density at radius 1 is 1.24 bits per heavy atom. The monoisotopic (exact) mass is 401 g/mol. The second kappa shape index (κ2) is 5.69. The van der Waals surface area contributed by atoms with Gasteiger partial charge in [-0.05, 0) is 53.7 Å². The van der Waals surface area contributed by atoms with Crippen molar-refractivity contribution in [3.63, 3.8) is 0 Å². The highest BCUT2D eigenvalue weighted by atomic mass is 79.9.